The number of H-pyrrole nitrogens is 1. The van der Waals surface area contributed by atoms with Crippen LogP contribution in [-0.4, -0.2) is 50.4 Å². The summed E-state index contributed by atoms with van der Waals surface area (Å²) in [5.41, 5.74) is 8.21. The highest BCUT2D eigenvalue weighted by Crippen LogP contribution is 2.35. The molecule has 3 aromatic heterocycles. The molecule has 11 heteroatoms. The smallest absolute Gasteiger partial charge is 0.315 e. The number of halogens is 1. The number of nitrogens with zero attached hydrogens (tertiary/aromatic N) is 5. The van der Waals surface area contributed by atoms with Crippen molar-refractivity contribution in [3.8, 4) is 11.1 Å². The molecular formula is C26H31FN8O2. The minimum absolute atomic E-state index is 0.154. The molecule has 10 nitrogen and oxygen atoms in total. The van der Waals surface area contributed by atoms with E-state index in [9.17, 15) is 4.79 Å². The number of nitrogens with two attached hydrogens (primary N) is 1. The third kappa shape index (κ3) is 4.91. The number of amides is 1. The summed E-state index contributed by atoms with van der Waals surface area (Å²) in [5, 5.41) is 15.0. The first-order chi connectivity index (χ1) is 17.6. The van der Waals surface area contributed by atoms with Crippen molar-refractivity contribution in [1.29, 1.82) is 0 Å². The van der Waals surface area contributed by atoms with E-state index in [2.05, 4.69) is 35.5 Å². The van der Waals surface area contributed by atoms with Crippen LogP contribution >= 0.6 is 0 Å². The summed E-state index contributed by atoms with van der Waals surface area (Å²) in [4.78, 5) is 23.4. The second kappa shape index (κ2) is 9.55. The topological polar surface area (TPSA) is 139 Å². The van der Waals surface area contributed by atoms with Crippen molar-refractivity contribution < 1.29 is 13.7 Å². The summed E-state index contributed by atoms with van der Waals surface area (Å²) in [5.74, 6) is 0.0724. The summed E-state index contributed by atoms with van der Waals surface area (Å²) < 4.78 is 20.5. The van der Waals surface area contributed by atoms with Crippen molar-refractivity contribution >= 4 is 22.8 Å². The number of carbonyl (C=O) groups is 1. The lowest BCUT2D eigenvalue weighted by Gasteiger charge is -2.30. The van der Waals surface area contributed by atoms with Crippen molar-refractivity contribution in [2.75, 3.05) is 18.0 Å². The number of anilines is 1. The van der Waals surface area contributed by atoms with Gasteiger partial charge in [0.25, 0.3) is 0 Å². The van der Waals surface area contributed by atoms with E-state index in [-0.39, 0.29) is 17.3 Å². The molecule has 1 atom stereocenters. The van der Waals surface area contributed by atoms with Gasteiger partial charge in [-0.25, -0.2) is 9.37 Å². The van der Waals surface area contributed by atoms with Crippen LogP contribution in [0.15, 0.2) is 35.0 Å². The average molecular weight is 507 g/mol. The van der Waals surface area contributed by atoms with Crippen LogP contribution in [0.2, 0.25) is 0 Å². The first kappa shape index (κ1) is 24.8. The number of benzene rings is 1. The maximum Gasteiger partial charge on any atom is 0.315 e. The van der Waals surface area contributed by atoms with Gasteiger partial charge in [0.1, 0.15) is 5.82 Å². The number of nitrogens with one attached hydrogen (secondary N) is 2. The predicted octanol–water partition coefficient (Wildman–Crippen LogP) is 3.86. The fourth-order valence-electron chi connectivity index (χ4n) is 4.52. The number of rotatable bonds is 5. The molecule has 4 aromatic rings. The number of carbonyl (C=O) groups excluding carboxylic acids is 1. The Bertz CT molecular complexity index is 1430. The quantitative estimate of drug-likeness (QED) is 0.371. The highest BCUT2D eigenvalue weighted by molar-refractivity contribution is 6.00. The van der Waals surface area contributed by atoms with E-state index < -0.39 is 17.8 Å². The first-order valence-corrected chi connectivity index (χ1v) is 12.4. The lowest BCUT2D eigenvalue weighted by molar-refractivity contribution is 0.0895. The Kier molecular flexibility index (Phi) is 6.40. The van der Waals surface area contributed by atoms with E-state index in [4.69, 9.17) is 10.3 Å². The Balaban J connectivity index is 1.39. The van der Waals surface area contributed by atoms with Gasteiger partial charge in [-0.3, -0.25) is 9.89 Å². The second-order valence-corrected chi connectivity index (χ2v) is 10.6. The molecule has 4 N–H and O–H groups in total. The summed E-state index contributed by atoms with van der Waals surface area (Å²) in [6.45, 7) is 9.07. The molecule has 4 heterocycles. The third-order valence-corrected chi connectivity index (χ3v) is 6.70. The lowest BCUT2D eigenvalue weighted by Crippen LogP contribution is -2.39. The summed E-state index contributed by atoms with van der Waals surface area (Å²) in [6.07, 6.45) is 3.45. The molecule has 1 amide bonds. The van der Waals surface area contributed by atoms with Crippen molar-refractivity contribution in [3.05, 3.63) is 53.6 Å². The van der Waals surface area contributed by atoms with Gasteiger partial charge in [0.2, 0.25) is 0 Å². The Labute approximate surface area is 213 Å². The van der Waals surface area contributed by atoms with Crippen LogP contribution in [0.3, 0.4) is 0 Å². The largest absolute Gasteiger partial charge is 0.354 e. The zero-order valence-electron chi connectivity index (χ0n) is 21.4. The molecule has 0 bridgehead atoms. The molecule has 1 unspecified atom stereocenters. The minimum Gasteiger partial charge on any atom is -0.354 e. The highest BCUT2D eigenvalue weighted by Gasteiger charge is 2.26. The third-order valence-electron chi connectivity index (χ3n) is 6.70. The van der Waals surface area contributed by atoms with Gasteiger partial charge < -0.3 is 20.5 Å². The molecule has 0 radical (unpaired) electrons. The van der Waals surface area contributed by atoms with Gasteiger partial charge in [-0.05, 0) is 43.0 Å². The second-order valence-electron chi connectivity index (χ2n) is 10.6. The Morgan fingerprint density at radius 1 is 1.27 bits per heavy atom. The zero-order chi connectivity index (χ0) is 26.3. The van der Waals surface area contributed by atoms with Crippen LogP contribution in [0.4, 0.5) is 10.2 Å². The standard InChI is InChI=1S/C26H31FN8O2/c1-14(30-23(36)24-31-25(34-37-24)26(2,3)4)17-6-5-15(13-19(17)27)18-7-10-29-21-20(18)22(33-32-21)35-11-8-16(28)9-12-35/h5-7,10,13-14,16H,8-9,11-12,28H2,1-4H3,(H,30,36)(H,29,32,33). The molecule has 194 valence electrons. The molecular weight excluding hydrogens is 475 g/mol. The van der Waals surface area contributed by atoms with Crippen molar-refractivity contribution in [2.24, 2.45) is 5.73 Å². The maximum atomic E-state index is 15.4. The fraction of sp³-hybridized carbons (Fsp3) is 0.423. The molecule has 1 saturated heterocycles. The average Bonchev–Trinajstić information content (AvgIpc) is 3.52. The number of piperidine rings is 1. The van der Waals surface area contributed by atoms with Crippen LogP contribution < -0.4 is 16.0 Å². The summed E-state index contributed by atoms with van der Waals surface area (Å²) in [7, 11) is 0. The van der Waals surface area contributed by atoms with Crippen molar-refractivity contribution in [2.45, 2.75) is 58.0 Å². The lowest BCUT2D eigenvalue weighted by atomic mass is 9.96. The van der Waals surface area contributed by atoms with E-state index in [1.54, 1.807) is 19.2 Å². The van der Waals surface area contributed by atoms with Crippen LogP contribution in [0.5, 0.6) is 0 Å². The Morgan fingerprint density at radius 2 is 2.03 bits per heavy atom. The normalized spacial score (nSPS) is 15.8. The number of pyridine rings is 1. The molecule has 0 aliphatic carbocycles. The predicted molar refractivity (Wildman–Crippen MR) is 138 cm³/mol. The summed E-state index contributed by atoms with van der Waals surface area (Å²) >= 11 is 0. The molecule has 37 heavy (non-hydrogen) atoms. The number of hydrogen-bond donors (Lipinski definition) is 3. The Hall–Kier alpha value is -3.86. The van der Waals surface area contributed by atoms with Crippen LogP contribution in [0.1, 0.15) is 68.7 Å². The molecule has 1 aliphatic rings. The van der Waals surface area contributed by atoms with Gasteiger partial charge in [0.05, 0.1) is 11.4 Å². The zero-order valence-corrected chi connectivity index (χ0v) is 21.4. The van der Waals surface area contributed by atoms with Crippen LogP contribution in [-0.2, 0) is 5.41 Å². The van der Waals surface area contributed by atoms with Crippen LogP contribution in [0, 0.1) is 5.82 Å². The number of aromatic amines is 1. The van der Waals surface area contributed by atoms with E-state index >= 15 is 4.39 Å². The fourth-order valence-corrected chi connectivity index (χ4v) is 4.52. The maximum absolute atomic E-state index is 15.4. The monoisotopic (exact) mass is 506 g/mol. The molecule has 1 aromatic carbocycles. The molecule has 5 rings (SSSR count). The van der Waals surface area contributed by atoms with E-state index in [1.807, 2.05) is 32.9 Å². The van der Waals surface area contributed by atoms with Gasteiger partial charge in [-0.2, -0.15) is 10.1 Å². The first-order valence-electron chi connectivity index (χ1n) is 12.4. The van der Waals surface area contributed by atoms with Crippen LogP contribution in [0.25, 0.3) is 22.2 Å². The number of fused-ring (bicyclic) bond motifs is 1. The summed E-state index contributed by atoms with van der Waals surface area (Å²) in [6, 6.07) is 6.42. The van der Waals surface area contributed by atoms with E-state index in [1.165, 1.54) is 6.07 Å². The van der Waals surface area contributed by atoms with Crippen molar-refractivity contribution in [1.82, 2.24) is 30.6 Å². The molecule has 0 saturated carbocycles. The van der Waals surface area contributed by atoms with E-state index in [0.717, 1.165) is 42.7 Å². The van der Waals surface area contributed by atoms with Gasteiger partial charge in [0, 0.05) is 36.3 Å². The minimum atomic E-state index is -0.619. The molecule has 1 fully saturated rings. The van der Waals surface area contributed by atoms with Gasteiger partial charge >= 0.3 is 11.8 Å². The molecule has 1 aliphatic heterocycles. The Morgan fingerprint density at radius 3 is 2.70 bits per heavy atom. The molecule has 0 spiro atoms. The van der Waals surface area contributed by atoms with Gasteiger partial charge in [-0.15, -0.1) is 0 Å². The van der Waals surface area contributed by atoms with E-state index in [0.29, 0.717) is 22.6 Å². The van der Waals surface area contributed by atoms with Gasteiger partial charge in [0.15, 0.2) is 17.3 Å². The SMILES string of the molecule is CC(NC(=O)c1nc(C(C)(C)C)no1)c1ccc(-c2ccnc3[nH]nc(N4CCC(N)CC4)c23)cc1F. The van der Waals surface area contributed by atoms with Crippen molar-refractivity contribution in [3.63, 3.8) is 0 Å². The number of aromatic nitrogens is 5. The van der Waals surface area contributed by atoms with Gasteiger partial charge in [-0.1, -0.05) is 38.1 Å². The highest BCUT2D eigenvalue weighted by atomic mass is 19.1. The number of hydrogen-bond acceptors (Lipinski definition) is 8.